The Morgan fingerprint density at radius 3 is 2.81 bits per heavy atom. The average Bonchev–Trinajstić information content (AvgIpc) is 2.89. The van der Waals surface area contributed by atoms with Crippen LogP contribution in [0.5, 0.6) is 5.88 Å². The number of aryl methyl sites for hydroxylation is 1. The van der Waals surface area contributed by atoms with Crippen LogP contribution in [0.25, 0.3) is 5.65 Å². The minimum Gasteiger partial charge on any atom is -0.481 e. The number of hydrogen-bond donors (Lipinski definition) is 2. The zero-order valence-electron chi connectivity index (χ0n) is 13.5. The third-order valence-electron chi connectivity index (χ3n) is 3.06. The summed E-state index contributed by atoms with van der Waals surface area (Å²) in [5, 5.41) is 4.96. The molecule has 0 spiro atoms. The summed E-state index contributed by atoms with van der Waals surface area (Å²) in [7, 11) is -3.23. The molecule has 0 aromatic carbocycles. The fourth-order valence-electron chi connectivity index (χ4n) is 2.06. The normalized spacial score (nSPS) is 11.3. The lowest BCUT2D eigenvalue weighted by Gasteiger charge is -2.08. The fraction of sp³-hybridized carbons (Fsp3) is 0.154. The van der Waals surface area contributed by atoms with E-state index in [1.165, 1.54) is 31.5 Å². The van der Waals surface area contributed by atoms with Crippen molar-refractivity contribution in [2.24, 2.45) is 0 Å². The highest BCUT2D eigenvalue weighted by molar-refractivity contribution is 7.90. The number of sulfonamides is 1. The largest absolute Gasteiger partial charge is 0.481 e. The van der Waals surface area contributed by atoms with Gasteiger partial charge in [-0.2, -0.15) is 32.4 Å². The summed E-state index contributed by atoms with van der Waals surface area (Å²) in [6.07, 6.45) is 1.25. The first-order valence-corrected chi connectivity index (χ1v) is 8.51. The summed E-state index contributed by atoms with van der Waals surface area (Å²) in [5.41, 5.74) is 0.449. The van der Waals surface area contributed by atoms with Crippen LogP contribution < -0.4 is 14.8 Å². The molecule has 0 radical (unpaired) electrons. The highest BCUT2D eigenvalue weighted by atomic mass is 32.2. The lowest BCUT2D eigenvalue weighted by atomic mass is 10.4. The molecule has 0 saturated heterocycles. The molecule has 2 N–H and O–H groups in total. The molecule has 0 saturated carbocycles. The molecule has 0 atom stereocenters. The van der Waals surface area contributed by atoms with Crippen molar-refractivity contribution in [3.63, 3.8) is 0 Å². The summed E-state index contributed by atoms with van der Waals surface area (Å²) >= 11 is 0. The van der Waals surface area contributed by atoms with Crippen LogP contribution in [0.4, 0.5) is 15.1 Å². The molecule has 3 aromatic heterocycles. The van der Waals surface area contributed by atoms with Gasteiger partial charge >= 0.3 is 6.03 Å². The van der Waals surface area contributed by atoms with Crippen molar-refractivity contribution in [1.82, 2.24) is 29.3 Å². The fourth-order valence-corrected chi connectivity index (χ4v) is 3.09. The second-order valence-corrected chi connectivity index (χ2v) is 6.53. The van der Waals surface area contributed by atoms with Gasteiger partial charge in [0.15, 0.2) is 5.65 Å². The molecular formula is C13H12FN7O4S. The number of aromatic nitrogens is 5. The Balaban J connectivity index is 1.86. The zero-order valence-corrected chi connectivity index (χ0v) is 14.3. The monoisotopic (exact) mass is 381 g/mol. The number of halogens is 1. The van der Waals surface area contributed by atoms with Crippen molar-refractivity contribution in [3.05, 3.63) is 36.0 Å². The topological polar surface area (TPSA) is 140 Å². The van der Waals surface area contributed by atoms with Gasteiger partial charge in [0.05, 0.1) is 7.11 Å². The van der Waals surface area contributed by atoms with Gasteiger partial charge in [0.25, 0.3) is 16.0 Å². The van der Waals surface area contributed by atoms with Crippen LogP contribution in [0.15, 0.2) is 29.4 Å². The Kier molecular flexibility index (Phi) is 4.38. The maximum absolute atomic E-state index is 14.0. The van der Waals surface area contributed by atoms with E-state index in [0.717, 1.165) is 4.52 Å². The maximum atomic E-state index is 14.0. The standard InChI is InChI=1S/C13H12FN7O4S/c1-7-6-9(25-2)18-12(16-7)19-13(22)20-26(23,24)11-10(14)17-8-4-3-5-15-21(8)11/h3-6H,1-2H3,(H2,16,18,19,20,22). The van der Waals surface area contributed by atoms with Crippen LogP contribution in [0.3, 0.4) is 0 Å². The summed E-state index contributed by atoms with van der Waals surface area (Å²) in [6, 6.07) is 3.14. The Morgan fingerprint density at radius 1 is 1.31 bits per heavy atom. The molecule has 0 bridgehead atoms. The van der Waals surface area contributed by atoms with Gasteiger partial charge in [-0.05, 0) is 19.1 Å². The maximum Gasteiger partial charge on any atom is 0.335 e. The third-order valence-corrected chi connectivity index (χ3v) is 4.36. The van der Waals surface area contributed by atoms with E-state index in [1.54, 1.807) is 11.6 Å². The van der Waals surface area contributed by atoms with Crippen molar-refractivity contribution < 1.29 is 22.3 Å². The molecule has 0 fully saturated rings. The minimum absolute atomic E-state index is 0.0301. The van der Waals surface area contributed by atoms with E-state index in [4.69, 9.17) is 4.74 Å². The number of methoxy groups -OCH3 is 1. The minimum atomic E-state index is -4.61. The first-order valence-electron chi connectivity index (χ1n) is 7.03. The number of anilines is 1. The molecule has 136 valence electrons. The first kappa shape index (κ1) is 17.5. The molecule has 13 heteroatoms. The molecule has 0 aliphatic heterocycles. The molecule has 3 aromatic rings. The Hall–Kier alpha value is -3.35. The van der Waals surface area contributed by atoms with Gasteiger partial charge < -0.3 is 4.74 Å². The second kappa shape index (κ2) is 6.51. The molecule has 0 aliphatic carbocycles. The van der Waals surface area contributed by atoms with Crippen LogP contribution in [0, 0.1) is 12.9 Å². The number of amides is 2. The zero-order chi connectivity index (χ0) is 18.9. The third kappa shape index (κ3) is 3.37. The van der Waals surface area contributed by atoms with Crippen LogP contribution in [-0.4, -0.2) is 46.1 Å². The molecule has 11 nitrogen and oxygen atoms in total. The van der Waals surface area contributed by atoms with Crippen molar-refractivity contribution in [1.29, 1.82) is 0 Å². The highest BCUT2D eigenvalue weighted by Gasteiger charge is 2.28. The molecule has 3 rings (SSSR count). The molecule has 2 amide bonds. The lowest BCUT2D eigenvalue weighted by Crippen LogP contribution is -2.36. The van der Waals surface area contributed by atoms with Crippen molar-refractivity contribution in [3.8, 4) is 5.88 Å². The lowest BCUT2D eigenvalue weighted by molar-refractivity contribution is 0.256. The van der Waals surface area contributed by atoms with Crippen LogP contribution in [0.2, 0.25) is 0 Å². The van der Waals surface area contributed by atoms with E-state index in [-0.39, 0.29) is 17.5 Å². The van der Waals surface area contributed by atoms with E-state index in [0.29, 0.717) is 5.69 Å². The number of hydrogen-bond acceptors (Lipinski definition) is 8. The summed E-state index contributed by atoms with van der Waals surface area (Å²) in [6.45, 7) is 1.63. The summed E-state index contributed by atoms with van der Waals surface area (Å²) in [4.78, 5) is 23.2. The molecule has 3 heterocycles. The molecule has 0 unspecified atom stereocenters. The van der Waals surface area contributed by atoms with Crippen LogP contribution in [-0.2, 0) is 10.0 Å². The number of ether oxygens (including phenoxy) is 1. The number of nitrogens with zero attached hydrogens (tertiary/aromatic N) is 5. The SMILES string of the molecule is COc1cc(C)nc(NC(=O)NS(=O)(=O)c2c(F)nc3cccnn23)n1. The number of fused-ring (bicyclic) bond motifs is 1. The number of carbonyl (C=O) groups excluding carboxylic acids is 1. The smallest absolute Gasteiger partial charge is 0.335 e. The summed E-state index contributed by atoms with van der Waals surface area (Å²) < 4.78 is 46.0. The van der Waals surface area contributed by atoms with Gasteiger partial charge in [-0.25, -0.2) is 14.5 Å². The Labute approximate surface area is 146 Å². The number of nitrogens with one attached hydrogen (secondary N) is 2. The summed E-state index contributed by atoms with van der Waals surface area (Å²) in [5.74, 6) is -1.31. The number of imidazole rings is 1. The van der Waals surface area contributed by atoms with Gasteiger partial charge in [-0.1, -0.05) is 0 Å². The first-order chi connectivity index (χ1) is 12.3. The van der Waals surface area contributed by atoms with E-state index in [2.05, 4.69) is 25.4 Å². The van der Waals surface area contributed by atoms with E-state index in [9.17, 15) is 17.6 Å². The van der Waals surface area contributed by atoms with E-state index >= 15 is 0 Å². The van der Waals surface area contributed by atoms with Crippen molar-refractivity contribution >= 4 is 27.6 Å². The second-order valence-electron chi connectivity index (χ2n) is 4.94. The molecular weight excluding hydrogens is 369 g/mol. The van der Waals surface area contributed by atoms with Gasteiger partial charge in [-0.3, -0.25) is 5.32 Å². The van der Waals surface area contributed by atoms with E-state index < -0.39 is 27.0 Å². The molecule has 26 heavy (non-hydrogen) atoms. The van der Waals surface area contributed by atoms with Gasteiger partial charge in [0.2, 0.25) is 16.9 Å². The number of urea groups is 1. The predicted octanol–water partition coefficient (Wildman–Crippen LogP) is 0.486. The number of carbonyl (C=O) groups is 1. The van der Waals surface area contributed by atoms with Gasteiger partial charge in [0, 0.05) is 18.0 Å². The van der Waals surface area contributed by atoms with Crippen LogP contribution in [0.1, 0.15) is 5.69 Å². The van der Waals surface area contributed by atoms with Crippen molar-refractivity contribution in [2.75, 3.05) is 12.4 Å². The average molecular weight is 381 g/mol. The van der Waals surface area contributed by atoms with Gasteiger partial charge in [-0.15, -0.1) is 0 Å². The quantitative estimate of drug-likeness (QED) is 0.665. The van der Waals surface area contributed by atoms with Crippen molar-refractivity contribution in [2.45, 2.75) is 11.9 Å². The predicted molar refractivity (Wildman–Crippen MR) is 85.6 cm³/mol. The number of rotatable bonds is 4. The Morgan fingerprint density at radius 2 is 2.08 bits per heavy atom. The van der Waals surface area contributed by atoms with E-state index in [1.807, 2.05) is 0 Å². The van der Waals surface area contributed by atoms with Gasteiger partial charge in [0.1, 0.15) is 0 Å². The van der Waals surface area contributed by atoms with Crippen LogP contribution >= 0.6 is 0 Å². The highest BCUT2D eigenvalue weighted by Crippen LogP contribution is 2.16. The Bertz CT molecular complexity index is 1100. The molecule has 0 aliphatic rings.